The van der Waals surface area contributed by atoms with Gasteiger partial charge >= 0.3 is 0 Å². The second kappa shape index (κ2) is 3.87. The maximum Gasteiger partial charge on any atom is 0.253 e. The number of benzene rings is 2. The second-order valence-corrected chi connectivity index (χ2v) is 4.53. The summed E-state index contributed by atoms with van der Waals surface area (Å²) < 4.78 is 1.15. The van der Waals surface area contributed by atoms with E-state index in [0.717, 1.165) is 14.3 Å². The van der Waals surface area contributed by atoms with Crippen molar-refractivity contribution in [3.63, 3.8) is 0 Å². The van der Waals surface area contributed by atoms with Crippen LogP contribution in [0.15, 0.2) is 36.4 Å². The Balaban J connectivity index is 2.81. The molecule has 0 aliphatic carbocycles. The molecule has 0 fully saturated rings. The van der Waals surface area contributed by atoms with Crippen molar-refractivity contribution in [1.29, 1.82) is 0 Å². The quantitative estimate of drug-likeness (QED) is 0.577. The Bertz CT molecular complexity index is 508. The molecule has 0 atom stereocenters. The maximum atomic E-state index is 11.1. The van der Waals surface area contributed by atoms with E-state index < -0.39 is 5.24 Å². The first-order chi connectivity index (χ1) is 6.68. The van der Waals surface area contributed by atoms with Gasteiger partial charge in [0, 0.05) is 9.13 Å². The van der Waals surface area contributed by atoms with Crippen molar-refractivity contribution in [2.24, 2.45) is 0 Å². The molecular weight excluding hydrogens is 310 g/mol. The zero-order valence-corrected chi connectivity index (χ0v) is 10.0. The number of carbonyl (C=O) groups is 1. The van der Waals surface area contributed by atoms with Gasteiger partial charge in [-0.15, -0.1) is 0 Å². The number of carbonyl (C=O) groups excluding carboxylic acids is 1. The Morgan fingerprint density at radius 1 is 1.21 bits per heavy atom. The first-order valence-electron chi connectivity index (χ1n) is 4.06. The van der Waals surface area contributed by atoms with Crippen LogP contribution in [0.5, 0.6) is 0 Å². The van der Waals surface area contributed by atoms with Gasteiger partial charge in [0.1, 0.15) is 0 Å². The van der Waals surface area contributed by atoms with Gasteiger partial charge in [0.25, 0.3) is 5.24 Å². The maximum absolute atomic E-state index is 11.1. The molecule has 0 aromatic heterocycles. The van der Waals surface area contributed by atoms with Crippen LogP contribution in [0.4, 0.5) is 0 Å². The number of rotatable bonds is 1. The van der Waals surface area contributed by atoms with Crippen LogP contribution in [0, 0.1) is 3.57 Å². The molecule has 0 saturated heterocycles. The van der Waals surface area contributed by atoms with E-state index in [0.29, 0.717) is 5.56 Å². The molecule has 2 aromatic rings. The van der Waals surface area contributed by atoms with E-state index in [9.17, 15) is 4.79 Å². The second-order valence-electron chi connectivity index (χ2n) is 2.94. The molecule has 1 nitrogen and oxygen atoms in total. The van der Waals surface area contributed by atoms with E-state index in [2.05, 4.69) is 22.6 Å². The van der Waals surface area contributed by atoms with Crippen LogP contribution in [0.25, 0.3) is 10.8 Å². The zero-order chi connectivity index (χ0) is 10.1. The summed E-state index contributed by atoms with van der Waals surface area (Å²) in [5.41, 5.74) is 0.570. The van der Waals surface area contributed by atoms with E-state index in [1.54, 1.807) is 6.07 Å². The molecule has 0 saturated carbocycles. The molecule has 0 bridgehead atoms. The van der Waals surface area contributed by atoms with Crippen LogP contribution in [-0.4, -0.2) is 5.24 Å². The van der Waals surface area contributed by atoms with Crippen LogP contribution in [-0.2, 0) is 0 Å². The summed E-state index contributed by atoms with van der Waals surface area (Å²) in [6.45, 7) is 0. The highest BCUT2D eigenvalue weighted by Crippen LogP contribution is 2.22. The lowest BCUT2D eigenvalue weighted by Crippen LogP contribution is -1.90. The van der Waals surface area contributed by atoms with Crippen molar-refractivity contribution < 1.29 is 4.79 Å². The smallest absolute Gasteiger partial charge is 0.253 e. The van der Waals surface area contributed by atoms with Gasteiger partial charge in [0.15, 0.2) is 0 Å². The largest absolute Gasteiger partial charge is 0.276 e. The summed E-state index contributed by atoms with van der Waals surface area (Å²) in [5, 5.41) is 1.55. The molecule has 0 spiro atoms. The molecule has 14 heavy (non-hydrogen) atoms. The first kappa shape index (κ1) is 9.93. The third kappa shape index (κ3) is 1.77. The van der Waals surface area contributed by atoms with Crippen LogP contribution >= 0.6 is 34.2 Å². The van der Waals surface area contributed by atoms with E-state index in [1.807, 2.05) is 30.3 Å². The lowest BCUT2D eigenvalue weighted by molar-refractivity contribution is 0.108. The Morgan fingerprint density at radius 2 is 2.00 bits per heavy atom. The van der Waals surface area contributed by atoms with Crippen molar-refractivity contribution >= 4 is 50.2 Å². The molecule has 70 valence electrons. The van der Waals surface area contributed by atoms with Gasteiger partial charge in [-0.05, 0) is 63.2 Å². The fourth-order valence-corrected chi connectivity index (χ4v) is 2.11. The highest BCUT2D eigenvalue weighted by molar-refractivity contribution is 14.1. The SMILES string of the molecule is O=C(Cl)c1cccc2cc(I)ccc12. The van der Waals surface area contributed by atoms with Gasteiger partial charge in [-0.2, -0.15) is 0 Å². The number of hydrogen-bond acceptors (Lipinski definition) is 1. The Hall–Kier alpha value is -0.610. The summed E-state index contributed by atoms with van der Waals surface area (Å²) in [6.07, 6.45) is 0. The van der Waals surface area contributed by atoms with Gasteiger partial charge in [-0.1, -0.05) is 18.2 Å². The summed E-state index contributed by atoms with van der Waals surface area (Å²) >= 11 is 7.72. The van der Waals surface area contributed by atoms with Crippen molar-refractivity contribution in [3.8, 4) is 0 Å². The van der Waals surface area contributed by atoms with Gasteiger partial charge in [0.2, 0.25) is 0 Å². The first-order valence-corrected chi connectivity index (χ1v) is 5.52. The number of halogens is 2. The lowest BCUT2D eigenvalue weighted by atomic mass is 10.1. The standard InChI is InChI=1S/C11H6ClIO/c12-11(14)10-3-1-2-7-6-8(13)4-5-9(7)10/h1-6H. The number of fused-ring (bicyclic) bond motifs is 1. The summed E-state index contributed by atoms with van der Waals surface area (Å²) in [4.78, 5) is 11.1. The monoisotopic (exact) mass is 316 g/mol. The van der Waals surface area contributed by atoms with Gasteiger partial charge in [-0.25, -0.2) is 0 Å². The molecule has 0 N–H and O–H groups in total. The van der Waals surface area contributed by atoms with Crippen LogP contribution in [0.3, 0.4) is 0 Å². The topological polar surface area (TPSA) is 17.1 Å². The van der Waals surface area contributed by atoms with Crippen molar-refractivity contribution in [1.82, 2.24) is 0 Å². The molecule has 0 aliphatic rings. The summed E-state index contributed by atoms with van der Waals surface area (Å²) in [6, 6.07) is 11.5. The zero-order valence-electron chi connectivity index (χ0n) is 7.13. The minimum atomic E-state index is -0.406. The molecule has 3 heteroatoms. The molecule has 2 aromatic carbocycles. The third-order valence-electron chi connectivity index (χ3n) is 2.05. The van der Waals surface area contributed by atoms with Gasteiger partial charge < -0.3 is 0 Å². The molecule has 0 amide bonds. The van der Waals surface area contributed by atoms with E-state index in [-0.39, 0.29) is 0 Å². The number of hydrogen-bond donors (Lipinski definition) is 0. The molecule has 0 heterocycles. The summed E-state index contributed by atoms with van der Waals surface area (Å²) in [5.74, 6) is 0. The lowest BCUT2D eigenvalue weighted by Gasteiger charge is -2.02. The average molecular weight is 317 g/mol. The normalized spacial score (nSPS) is 10.4. The van der Waals surface area contributed by atoms with Crippen molar-refractivity contribution in [3.05, 3.63) is 45.5 Å². The predicted octanol–water partition coefficient (Wildman–Crippen LogP) is 3.82. The van der Waals surface area contributed by atoms with Crippen LogP contribution < -0.4 is 0 Å². The molecular formula is C11H6ClIO. The van der Waals surface area contributed by atoms with Gasteiger partial charge in [0.05, 0.1) is 0 Å². The van der Waals surface area contributed by atoms with E-state index in [1.165, 1.54) is 0 Å². The van der Waals surface area contributed by atoms with Crippen molar-refractivity contribution in [2.75, 3.05) is 0 Å². The third-order valence-corrected chi connectivity index (χ3v) is 2.93. The fraction of sp³-hybridized carbons (Fsp3) is 0. The highest BCUT2D eigenvalue weighted by atomic mass is 127. The van der Waals surface area contributed by atoms with E-state index >= 15 is 0 Å². The molecule has 0 radical (unpaired) electrons. The minimum Gasteiger partial charge on any atom is -0.276 e. The fourth-order valence-electron chi connectivity index (χ4n) is 1.43. The Morgan fingerprint density at radius 3 is 2.71 bits per heavy atom. The predicted molar refractivity (Wildman–Crippen MR) is 66.8 cm³/mol. The van der Waals surface area contributed by atoms with E-state index in [4.69, 9.17) is 11.6 Å². The van der Waals surface area contributed by atoms with Crippen LogP contribution in [0.2, 0.25) is 0 Å². The average Bonchev–Trinajstić information content (AvgIpc) is 2.16. The highest BCUT2D eigenvalue weighted by Gasteiger charge is 2.06. The molecule has 2 rings (SSSR count). The minimum absolute atomic E-state index is 0.406. The molecule has 0 unspecified atom stereocenters. The molecule has 0 aliphatic heterocycles. The van der Waals surface area contributed by atoms with Gasteiger partial charge in [-0.3, -0.25) is 4.79 Å². The van der Waals surface area contributed by atoms with Crippen molar-refractivity contribution in [2.45, 2.75) is 0 Å². The van der Waals surface area contributed by atoms with Crippen LogP contribution in [0.1, 0.15) is 10.4 Å². The summed E-state index contributed by atoms with van der Waals surface area (Å²) in [7, 11) is 0. The Labute approximate surface area is 100 Å². The Kier molecular flexibility index (Phi) is 2.74.